The Kier molecular flexibility index (Phi) is 4.14. The number of carbonyl (C=O) groups excluding carboxylic acids is 1. The van der Waals surface area contributed by atoms with E-state index < -0.39 is 0 Å². The maximum atomic E-state index is 11.9. The molecule has 0 aromatic carbocycles. The summed E-state index contributed by atoms with van der Waals surface area (Å²) in [6.45, 7) is 3.38. The number of aromatic amines is 1. The van der Waals surface area contributed by atoms with Crippen LogP contribution < -0.4 is 5.32 Å². The SMILES string of the molecule is CCC1OCCC1C(=O)NCCc1ncc[nH]1. The van der Waals surface area contributed by atoms with Crippen LogP contribution in [0, 0.1) is 5.92 Å². The normalized spacial score (nSPS) is 23.8. The van der Waals surface area contributed by atoms with Crippen LogP contribution in [0.15, 0.2) is 12.4 Å². The Morgan fingerprint density at radius 3 is 3.29 bits per heavy atom. The first-order valence-corrected chi connectivity index (χ1v) is 6.19. The fourth-order valence-corrected chi connectivity index (χ4v) is 2.22. The summed E-state index contributed by atoms with van der Waals surface area (Å²) in [5.74, 6) is 1.04. The Labute approximate surface area is 101 Å². The highest BCUT2D eigenvalue weighted by atomic mass is 16.5. The lowest BCUT2D eigenvalue weighted by Gasteiger charge is -2.16. The second kappa shape index (κ2) is 5.82. The summed E-state index contributed by atoms with van der Waals surface area (Å²) in [4.78, 5) is 19.0. The van der Waals surface area contributed by atoms with Crippen LogP contribution in [0.4, 0.5) is 0 Å². The number of ether oxygens (including phenoxy) is 1. The molecule has 0 bridgehead atoms. The van der Waals surface area contributed by atoms with E-state index in [1.807, 2.05) is 0 Å². The van der Waals surface area contributed by atoms with Gasteiger partial charge < -0.3 is 15.0 Å². The summed E-state index contributed by atoms with van der Waals surface area (Å²) in [7, 11) is 0. The molecule has 2 unspecified atom stereocenters. The highest BCUT2D eigenvalue weighted by Gasteiger charge is 2.32. The van der Waals surface area contributed by atoms with Crippen molar-refractivity contribution in [3.63, 3.8) is 0 Å². The van der Waals surface area contributed by atoms with Crippen molar-refractivity contribution in [3.05, 3.63) is 18.2 Å². The van der Waals surface area contributed by atoms with Crippen LogP contribution in [-0.2, 0) is 16.0 Å². The van der Waals surface area contributed by atoms with Crippen molar-refractivity contribution in [2.75, 3.05) is 13.2 Å². The summed E-state index contributed by atoms with van der Waals surface area (Å²) < 4.78 is 5.51. The van der Waals surface area contributed by atoms with Crippen LogP contribution in [0.3, 0.4) is 0 Å². The van der Waals surface area contributed by atoms with Gasteiger partial charge in [0.25, 0.3) is 0 Å². The summed E-state index contributed by atoms with van der Waals surface area (Å²) in [5, 5.41) is 2.95. The molecule has 1 amide bonds. The Hall–Kier alpha value is -1.36. The maximum absolute atomic E-state index is 11.9. The lowest BCUT2D eigenvalue weighted by atomic mass is 9.99. The van der Waals surface area contributed by atoms with Gasteiger partial charge in [-0.2, -0.15) is 0 Å². The van der Waals surface area contributed by atoms with Crippen LogP contribution in [0.25, 0.3) is 0 Å². The Bertz CT molecular complexity index is 351. The minimum atomic E-state index is 0.0246. The maximum Gasteiger partial charge on any atom is 0.225 e. The number of hydrogen-bond acceptors (Lipinski definition) is 3. The molecule has 5 heteroatoms. The Morgan fingerprint density at radius 2 is 2.59 bits per heavy atom. The zero-order chi connectivity index (χ0) is 12.1. The average Bonchev–Trinajstić information content (AvgIpc) is 2.99. The number of carbonyl (C=O) groups is 1. The molecule has 1 aliphatic heterocycles. The van der Waals surface area contributed by atoms with Crippen molar-refractivity contribution < 1.29 is 9.53 Å². The summed E-state index contributed by atoms with van der Waals surface area (Å²) in [6.07, 6.45) is 6.08. The zero-order valence-corrected chi connectivity index (χ0v) is 10.1. The van der Waals surface area contributed by atoms with Crippen molar-refractivity contribution in [1.82, 2.24) is 15.3 Å². The lowest BCUT2D eigenvalue weighted by molar-refractivity contribution is -0.126. The van der Waals surface area contributed by atoms with Gasteiger partial charge in [-0.3, -0.25) is 4.79 Å². The molecule has 0 aliphatic carbocycles. The van der Waals surface area contributed by atoms with E-state index in [4.69, 9.17) is 4.74 Å². The van der Waals surface area contributed by atoms with Crippen molar-refractivity contribution in [2.45, 2.75) is 32.3 Å². The number of aromatic nitrogens is 2. The average molecular weight is 237 g/mol. The van der Waals surface area contributed by atoms with Crippen LogP contribution in [0.1, 0.15) is 25.6 Å². The Morgan fingerprint density at radius 1 is 1.71 bits per heavy atom. The van der Waals surface area contributed by atoms with Crippen molar-refractivity contribution >= 4 is 5.91 Å². The summed E-state index contributed by atoms with van der Waals surface area (Å²) >= 11 is 0. The van der Waals surface area contributed by atoms with E-state index in [0.29, 0.717) is 13.2 Å². The molecule has 1 aromatic heterocycles. The largest absolute Gasteiger partial charge is 0.377 e. The lowest BCUT2D eigenvalue weighted by Crippen LogP contribution is -2.36. The van der Waals surface area contributed by atoms with Gasteiger partial charge in [0.1, 0.15) is 5.82 Å². The third-order valence-electron chi connectivity index (χ3n) is 3.16. The van der Waals surface area contributed by atoms with Crippen LogP contribution >= 0.6 is 0 Å². The van der Waals surface area contributed by atoms with Gasteiger partial charge in [0, 0.05) is 32.0 Å². The highest BCUT2D eigenvalue weighted by Crippen LogP contribution is 2.23. The smallest absolute Gasteiger partial charge is 0.225 e. The van der Waals surface area contributed by atoms with Crippen molar-refractivity contribution in [1.29, 1.82) is 0 Å². The molecule has 17 heavy (non-hydrogen) atoms. The van der Waals surface area contributed by atoms with E-state index >= 15 is 0 Å². The fraction of sp³-hybridized carbons (Fsp3) is 0.667. The number of H-pyrrole nitrogens is 1. The minimum absolute atomic E-state index is 0.0246. The zero-order valence-electron chi connectivity index (χ0n) is 10.1. The second-order valence-corrected chi connectivity index (χ2v) is 4.29. The first kappa shape index (κ1) is 12.1. The summed E-state index contributed by atoms with van der Waals surface area (Å²) in [5.41, 5.74) is 0. The van der Waals surface area contributed by atoms with Gasteiger partial charge in [-0.1, -0.05) is 6.92 Å². The van der Waals surface area contributed by atoms with E-state index in [1.54, 1.807) is 12.4 Å². The third kappa shape index (κ3) is 3.06. The number of nitrogens with zero attached hydrogens (tertiary/aromatic N) is 1. The molecule has 1 saturated heterocycles. The molecule has 1 fully saturated rings. The first-order valence-electron chi connectivity index (χ1n) is 6.19. The Balaban J connectivity index is 1.73. The molecule has 2 heterocycles. The molecular weight excluding hydrogens is 218 g/mol. The summed E-state index contributed by atoms with van der Waals surface area (Å²) in [6, 6.07) is 0. The molecule has 1 aliphatic rings. The van der Waals surface area contributed by atoms with Crippen LogP contribution in [0.2, 0.25) is 0 Å². The molecule has 0 saturated carbocycles. The number of imidazole rings is 1. The van der Waals surface area contributed by atoms with E-state index in [1.165, 1.54) is 0 Å². The van der Waals surface area contributed by atoms with Gasteiger partial charge in [0.15, 0.2) is 0 Å². The van der Waals surface area contributed by atoms with Crippen LogP contribution in [-0.4, -0.2) is 35.1 Å². The molecule has 2 N–H and O–H groups in total. The van der Waals surface area contributed by atoms with E-state index in [-0.39, 0.29) is 17.9 Å². The van der Waals surface area contributed by atoms with E-state index in [2.05, 4.69) is 22.2 Å². The van der Waals surface area contributed by atoms with E-state index in [9.17, 15) is 4.79 Å². The fourth-order valence-electron chi connectivity index (χ4n) is 2.22. The van der Waals surface area contributed by atoms with Gasteiger partial charge in [-0.05, 0) is 12.8 Å². The van der Waals surface area contributed by atoms with E-state index in [0.717, 1.165) is 25.1 Å². The van der Waals surface area contributed by atoms with Crippen LogP contribution in [0.5, 0.6) is 0 Å². The van der Waals surface area contributed by atoms with Crippen molar-refractivity contribution in [3.8, 4) is 0 Å². The minimum Gasteiger partial charge on any atom is -0.377 e. The molecule has 0 radical (unpaired) electrons. The molecule has 94 valence electrons. The quantitative estimate of drug-likeness (QED) is 0.799. The standard InChI is InChI=1S/C12H19N3O2/c1-2-10-9(4-8-17-10)12(16)15-5-3-11-13-6-7-14-11/h6-7,9-10H,2-5,8H2,1H3,(H,13,14)(H,15,16). The predicted molar refractivity (Wildman–Crippen MR) is 63.4 cm³/mol. The molecule has 0 spiro atoms. The molecular formula is C12H19N3O2. The topological polar surface area (TPSA) is 67.0 Å². The number of nitrogens with one attached hydrogen (secondary N) is 2. The van der Waals surface area contributed by atoms with Gasteiger partial charge >= 0.3 is 0 Å². The molecule has 2 rings (SSSR count). The first-order chi connectivity index (χ1) is 8.31. The number of amides is 1. The number of hydrogen-bond donors (Lipinski definition) is 2. The predicted octanol–water partition coefficient (Wildman–Crippen LogP) is 0.883. The van der Waals surface area contributed by atoms with Gasteiger partial charge in [0.05, 0.1) is 12.0 Å². The second-order valence-electron chi connectivity index (χ2n) is 4.29. The molecule has 2 atom stereocenters. The molecule has 5 nitrogen and oxygen atoms in total. The van der Waals surface area contributed by atoms with Gasteiger partial charge in [0.2, 0.25) is 5.91 Å². The third-order valence-corrected chi connectivity index (χ3v) is 3.16. The monoisotopic (exact) mass is 237 g/mol. The highest BCUT2D eigenvalue weighted by molar-refractivity contribution is 5.79. The number of rotatable bonds is 5. The molecule has 1 aromatic rings. The van der Waals surface area contributed by atoms with Gasteiger partial charge in [-0.15, -0.1) is 0 Å². The van der Waals surface area contributed by atoms with Gasteiger partial charge in [-0.25, -0.2) is 4.98 Å². The van der Waals surface area contributed by atoms with Crippen molar-refractivity contribution in [2.24, 2.45) is 5.92 Å².